The molecule has 1 fully saturated rings. The zero-order valence-corrected chi connectivity index (χ0v) is 13.9. The Morgan fingerprint density at radius 3 is 2.18 bits per heavy atom. The van der Waals surface area contributed by atoms with Gasteiger partial charge in [0.2, 0.25) is 5.91 Å². The van der Waals surface area contributed by atoms with Gasteiger partial charge in [0.1, 0.15) is 5.75 Å². The van der Waals surface area contributed by atoms with Crippen LogP contribution in [0.1, 0.15) is 31.1 Å². The Morgan fingerprint density at radius 1 is 1.09 bits per heavy atom. The predicted octanol–water partition coefficient (Wildman–Crippen LogP) is 2.38. The highest BCUT2D eigenvalue weighted by molar-refractivity contribution is 6.31. The lowest BCUT2D eigenvalue weighted by Gasteiger charge is -2.37. The van der Waals surface area contributed by atoms with Crippen LogP contribution in [0.3, 0.4) is 0 Å². The summed E-state index contributed by atoms with van der Waals surface area (Å²) in [6.07, 6.45) is 0. The van der Waals surface area contributed by atoms with Crippen molar-refractivity contribution in [2.45, 2.75) is 20.8 Å². The Labute approximate surface area is 135 Å². The quantitative estimate of drug-likeness (QED) is 0.862. The zero-order chi connectivity index (χ0) is 16.5. The van der Waals surface area contributed by atoms with Crippen molar-refractivity contribution in [3.63, 3.8) is 0 Å². The van der Waals surface area contributed by atoms with Crippen LogP contribution in [-0.2, 0) is 4.79 Å². The maximum Gasteiger partial charge on any atom is 0.257 e. The van der Waals surface area contributed by atoms with E-state index in [1.165, 1.54) is 18.2 Å². The van der Waals surface area contributed by atoms with Crippen molar-refractivity contribution in [1.29, 1.82) is 0 Å². The van der Waals surface area contributed by atoms with Crippen molar-refractivity contribution in [3.05, 3.63) is 28.8 Å². The number of rotatable bonds is 1. The van der Waals surface area contributed by atoms with Gasteiger partial charge in [0.05, 0.1) is 5.56 Å². The van der Waals surface area contributed by atoms with E-state index in [4.69, 9.17) is 11.6 Å². The standard InChI is InChI=1S/C16H21ClN2O3/c1-16(2,3)15(22)19-8-6-18(7-9-19)14(21)12-10-11(17)4-5-13(12)20/h4-5,10,20H,6-9H2,1-3H3. The largest absolute Gasteiger partial charge is 0.507 e. The summed E-state index contributed by atoms with van der Waals surface area (Å²) in [5.74, 6) is -0.254. The molecule has 6 heteroatoms. The minimum absolute atomic E-state index is 0.0809. The normalized spacial score (nSPS) is 15.8. The molecule has 1 heterocycles. The van der Waals surface area contributed by atoms with Crippen LogP contribution in [0.5, 0.6) is 5.75 Å². The van der Waals surface area contributed by atoms with E-state index in [0.717, 1.165) is 0 Å². The van der Waals surface area contributed by atoms with Gasteiger partial charge in [0.15, 0.2) is 0 Å². The lowest BCUT2D eigenvalue weighted by atomic mass is 9.94. The van der Waals surface area contributed by atoms with Crippen molar-refractivity contribution < 1.29 is 14.7 Å². The summed E-state index contributed by atoms with van der Waals surface area (Å²) in [6.45, 7) is 7.57. The molecule has 1 aliphatic rings. The van der Waals surface area contributed by atoms with Crippen LogP contribution in [-0.4, -0.2) is 52.9 Å². The molecule has 0 bridgehead atoms. The molecule has 0 unspecified atom stereocenters. The van der Waals surface area contributed by atoms with Gasteiger partial charge in [0, 0.05) is 36.6 Å². The van der Waals surface area contributed by atoms with E-state index >= 15 is 0 Å². The van der Waals surface area contributed by atoms with E-state index < -0.39 is 5.41 Å². The molecule has 0 spiro atoms. The van der Waals surface area contributed by atoms with E-state index in [1.807, 2.05) is 20.8 Å². The molecule has 120 valence electrons. The van der Waals surface area contributed by atoms with Crippen molar-refractivity contribution in [1.82, 2.24) is 9.80 Å². The fourth-order valence-corrected chi connectivity index (χ4v) is 2.61. The van der Waals surface area contributed by atoms with E-state index in [9.17, 15) is 14.7 Å². The van der Waals surface area contributed by atoms with Crippen LogP contribution in [0.15, 0.2) is 18.2 Å². The smallest absolute Gasteiger partial charge is 0.257 e. The van der Waals surface area contributed by atoms with Gasteiger partial charge in [0.25, 0.3) is 5.91 Å². The number of benzene rings is 1. The Morgan fingerprint density at radius 2 is 1.64 bits per heavy atom. The number of amides is 2. The van der Waals surface area contributed by atoms with Crippen molar-refractivity contribution in [3.8, 4) is 5.75 Å². The highest BCUT2D eigenvalue weighted by Crippen LogP contribution is 2.24. The molecule has 0 saturated carbocycles. The number of carbonyl (C=O) groups excluding carboxylic acids is 2. The van der Waals surface area contributed by atoms with Crippen LogP contribution in [0, 0.1) is 5.41 Å². The van der Waals surface area contributed by atoms with Crippen LogP contribution < -0.4 is 0 Å². The van der Waals surface area contributed by atoms with Crippen molar-refractivity contribution in [2.75, 3.05) is 26.2 Å². The van der Waals surface area contributed by atoms with Crippen LogP contribution in [0.2, 0.25) is 5.02 Å². The molecule has 1 saturated heterocycles. The average Bonchev–Trinajstić information content (AvgIpc) is 2.47. The van der Waals surface area contributed by atoms with Gasteiger partial charge in [-0.2, -0.15) is 0 Å². The highest BCUT2D eigenvalue weighted by atomic mass is 35.5. The fraction of sp³-hybridized carbons (Fsp3) is 0.500. The summed E-state index contributed by atoms with van der Waals surface area (Å²) in [5.41, 5.74) is -0.222. The maximum atomic E-state index is 12.5. The third-order valence-electron chi connectivity index (χ3n) is 3.68. The van der Waals surface area contributed by atoms with E-state index in [1.54, 1.807) is 9.80 Å². The first-order chi connectivity index (χ1) is 10.2. The SMILES string of the molecule is CC(C)(C)C(=O)N1CCN(C(=O)c2cc(Cl)ccc2O)CC1. The lowest BCUT2D eigenvalue weighted by molar-refractivity contribution is -0.140. The van der Waals surface area contributed by atoms with Crippen molar-refractivity contribution in [2.24, 2.45) is 5.41 Å². The Hall–Kier alpha value is -1.75. The van der Waals surface area contributed by atoms with Gasteiger partial charge >= 0.3 is 0 Å². The summed E-state index contributed by atoms with van der Waals surface area (Å²) in [6, 6.07) is 4.41. The first kappa shape index (κ1) is 16.6. The number of aromatic hydroxyl groups is 1. The molecule has 5 nitrogen and oxygen atoms in total. The minimum atomic E-state index is -0.419. The molecule has 0 aliphatic carbocycles. The maximum absolute atomic E-state index is 12.5. The number of halogens is 1. The number of hydrogen-bond donors (Lipinski definition) is 1. The summed E-state index contributed by atoms with van der Waals surface area (Å²) in [7, 11) is 0. The number of nitrogens with zero attached hydrogens (tertiary/aromatic N) is 2. The summed E-state index contributed by atoms with van der Waals surface area (Å²) < 4.78 is 0. The molecule has 1 N–H and O–H groups in total. The highest BCUT2D eigenvalue weighted by Gasteiger charge is 2.31. The second-order valence-corrected chi connectivity index (χ2v) is 6.93. The summed E-state index contributed by atoms with van der Waals surface area (Å²) in [4.78, 5) is 28.1. The molecular weight excluding hydrogens is 304 g/mol. The van der Waals surface area contributed by atoms with Gasteiger partial charge in [-0.15, -0.1) is 0 Å². The van der Waals surface area contributed by atoms with Crippen LogP contribution in [0.25, 0.3) is 0 Å². The number of carbonyl (C=O) groups is 2. The topological polar surface area (TPSA) is 60.9 Å². The van der Waals surface area contributed by atoms with E-state index in [-0.39, 0.29) is 23.1 Å². The van der Waals surface area contributed by atoms with Gasteiger partial charge in [-0.3, -0.25) is 9.59 Å². The third-order valence-corrected chi connectivity index (χ3v) is 3.92. The fourth-order valence-electron chi connectivity index (χ4n) is 2.44. The molecule has 22 heavy (non-hydrogen) atoms. The third kappa shape index (κ3) is 3.53. The van der Waals surface area contributed by atoms with Gasteiger partial charge in [-0.05, 0) is 18.2 Å². The molecule has 1 aliphatic heterocycles. The second kappa shape index (κ2) is 6.16. The second-order valence-electron chi connectivity index (χ2n) is 6.50. The minimum Gasteiger partial charge on any atom is -0.507 e. The van der Waals surface area contributed by atoms with Crippen LogP contribution in [0.4, 0.5) is 0 Å². The lowest BCUT2D eigenvalue weighted by Crippen LogP contribution is -2.53. The first-order valence-electron chi connectivity index (χ1n) is 7.27. The molecule has 0 aromatic heterocycles. The van der Waals surface area contributed by atoms with E-state index in [2.05, 4.69) is 0 Å². The van der Waals surface area contributed by atoms with Gasteiger partial charge in [-0.25, -0.2) is 0 Å². The first-order valence-corrected chi connectivity index (χ1v) is 7.65. The summed E-state index contributed by atoms with van der Waals surface area (Å²) >= 11 is 5.88. The van der Waals surface area contributed by atoms with E-state index in [0.29, 0.717) is 31.2 Å². The molecule has 2 rings (SSSR count). The summed E-state index contributed by atoms with van der Waals surface area (Å²) in [5, 5.41) is 10.2. The Kier molecular flexibility index (Phi) is 4.66. The molecular formula is C16H21ClN2O3. The monoisotopic (exact) mass is 324 g/mol. The predicted molar refractivity (Wildman–Crippen MR) is 85.1 cm³/mol. The molecule has 0 radical (unpaired) electrons. The molecule has 0 atom stereocenters. The van der Waals surface area contributed by atoms with Crippen molar-refractivity contribution >= 4 is 23.4 Å². The average molecular weight is 325 g/mol. The number of phenolic OH excluding ortho intramolecular Hbond substituents is 1. The van der Waals surface area contributed by atoms with Crippen LogP contribution >= 0.6 is 11.6 Å². The molecule has 2 amide bonds. The molecule has 1 aromatic carbocycles. The number of hydrogen-bond acceptors (Lipinski definition) is 3. The Bertz CT molecular complexity index is 588. The Balaban J connectivity index is 2.04. The number of piperazine rings is 1. The van der Waals surface area contributed by atoms with Gasteiger partial charge in [-0.1, -0.05) is 32.4 Å². The molecule has 1 aromatic rings. The van der Waals surface area contributed by atoms with Gasteiger partial charge < -0.3 is 14.9 Å². The zero-order valence-electron chi connectivity index (χ0n) is 13.1. The number of phenols is 1.